The first-order valence-electron chi connectivity index (χ1n) is 16.8. The number of phenols is 2. The van der Waals surface area contributed by atoms with Crippen molar-refractivity contribution >= 4 is 17.8 Å². The monoisotopic (exact) mass is 594 g/mol. The van der Waals surface area contributed by atoms with Gasteiger partial charge in [0, 0.05) is 11.5 Å². The van der Waals surface area contributed by atoms with Crippen molar-refractivity contribution in [2.75, 3.05) is 0 Å². The van der Waals surface area contributed by atoms with Crippen molar-refractivity contribution in [3.63, 3.8) is 0 Å². The van der Waals surface area contributed by atoms with Gasteiger partial charge in [-0.2, -0.15) is 0 Å². The molecular formula is C35H50N2O6. The molecule has 0 spiro atoms. The van der Waals surface area contributed by atoms with Gasteiger partial charge in [-0.3, -0.25) is 9.59 Å². The lowest BCUT2D eigenvalue weighted by Crippen LogP contribution is -2.58. The molecule has 2 bridgehead atoms. The lowest BCUT2D eigenvalue weighted by molar-refractivity contribution is -0.166. The van der Waals surface area contributed by atoms with Crippen LogP contribution in [0.5, 0.6) is 11.5 Å². The zero-order valence-corrected chi connectivity index (χ0v) is 26.1. The van der Waals surface area contributed by atoms with Crippen LogP contribution in [0.4, 0.5) is 0 Å². The number of aromatic hydroxyl groups is 2. The number of carbonyl (C=O) groups excluding carboxylic acids is 3. The smallest absolute Gasteiger partial charge is 0.329 e. The highest BCUT2D eigenvalue weighted by molar-refractivity contribution is 5.92. The Hall–Kier alpha value is -2.77. The fourth-order valence-electron chi connectivity index (χ4n) is 9.61. The SMILES string of the molecule is CC1(C)C2CCC1(C)[C@H](OC(=O)C1CC3CCCCC3N1C(=O)C(NC(=O)Cc1ccc(O)c(O)c1)C1CCCCC1)C2. The van der Waals surface area contributed by atoms with Gasteiger partial charge in [-0.15, -0.1) is 0 Å². The number of rotatable bonds is 7. The van der Waals surface area contributed by atoms with Gasteiger partial charge in [0.15, 0.2) is 11.5 Å². The molecule has 1 aliphatic heterocycles. The first-order chi connectivity index (χ1) is 20.5. The van der Waals surface area contributed by atoms with E-state index in [-0.39, 0.29) is 70.5 Å². The summed E-state index contributed by atoms with van der Waals surface area (Å²) in [6.45, 7) is 6.91. The maximum absolute atomic E-state index is 14.7. The van der Waals surface area contributed by atoms with E-state index in [4.69, 9.17) is 4.74 Å². The van der Waals surface area contributed by atoms with Gasteiger partial charge in [-0.1, -0.05) is 58.9 Å². The number of amides is 2. The summed E-state index contributed by atoms with van der Waals surface area (Å²) >= 11 is 0. The molecule has 1 heterocycles. The average molecular weight is 595 g/mol. The van der Waals surface area contributed by atoms with E-state index in [1.54, 1.807) is 6.07 Å². The molecule has 4 saturated carbocycles. The van der Waals surface area contributed by atoms with Gasteiger partial charge in [0.25, 0.3) is 0 Å². The van der Waals surface area contributed by atoms with Gasteiger partial charge in [0.2, 0.25) is 11.8 Å². The molecule has 1 aromatic rings. The fourth-order valence-corrected chi connectivity index (χ4v) is 9.61. The number of esters is 1. The van der Waals surface area contributed by atoms with Crippen LogP contribution < -0.4 is 5.32 Å². The predicted octanol–water partition coefficient (Wildman–Crippen LogP) is 5.62. The van der Waals surface area contributed by atoms with Crippen molar-refractivity contribution < 1.29 is 29.3 Å². The van der Waals surface area contributed by atoms with Crippen molar-refractivity contribution in [3.05, 3.63) is 23.8 Å². The number of fused-ring (bicyclic) bond motifs is 3. The first kappa shape index (κ1) is 30.3. The Morgan fingerprint density at radius 3 is 2.35 bits per heavy atom. The number of likely N-dealkylation sites (tertiary alicyclic amines) is 1. The Kier molecular flexibility index (Phi) is 8.18. The fraction of sp³-hybridized carbons (Fsp3) is 0.743. The van der Waals surface area contributed by atoms with E-state index in [0.29, 0.717) is 17.9 Å². The predicted molar refractivity (Wildman–Crippen MR) is 162 cm³/mol. The standard InChI is InChI=1S/C35H50N2O6/c1-34(2)24-15-16-35(34,3)29(20-24)43-33(42)26-19-23-11-7-8-12-25(23)37(26)32(41)31(22-9-5-4-6-10-22)36-30(40)18-21-13-14-27(38)28(39)17-21/h13-14,17,22-26,29,31,38-39H,4-12,15-16,18-20H2,1-3H3,(H,36,40)/t23?,24?,25?,26?,29-,31?,35?/m1/s1. The van der Waals surface area contributed by atoms with E-state index in [0.717, 1.165) is 70.6 Å². The summed E-state index contributed by atoms with van der Waals surface area (Å²) < 4.78 is 6.40. The van der Waals surface area contributed by atoms with Crippen molar-refractivity contribution in [2.24, 2.45) is 28.6 Å². The van der Waals surface area contributed by atoms with Crippen molar-refractivity contribution in [1.82, 2.24) is 10.2 Å². The Morgan fingerprint density at radius 1 is 0.953 bits per heavy atom. The zero-order valence-electron chi connectivity index (χ0n) is 26.1. The molecule has 3 N–H and O–H groups in total. The molecule has 5 fully saturated rings. The number of benzene rings is 1. The third kappa shape index (κ3) is 5.41. The lowest BCUT2D eigenvalue weighted by atomic mass is 9.70. The summed E-state index contributed by atoms with van der Waals surface area (Å²) in [5.74, 6) is -0.357. The summed E-state index contributed by atoms with van der Waals surface area (Å²) in [6, 6.07) is 3.04. The molecule has 8 heteroatoms. The quantitative estimate of drug-likeness (QED) is 0.279. The molecule has 2 amide bonds. The van der Waals surface area contributed by atoms with Crippen molar-refractivity contribution in [2.45, 2.75) is 135 Å². The number of nitrogens with zero attached hydrogens (tertiary/aromatic N) is 1. The number of hydrogen-bond donors (Lipinski definition) is 3. The molecule has 236 valence electrons. The molecule has 43 heavy (non-hydrogen) atoms. The van der Waals surface area contributed by atoms with Gasteiger partial charge in [0.1, 0.15) is 18.2 Å². The molecule has 8 nitrogen and oxygen atoms in total. The van der Waals surface area contributed by atoms with Gasteiger partial charge in [0.05, 0.1) is 6.42 Å². The van der Waals surface area contributed by atoms with E-state index < -0.39 is 12.1 Å². The van der Waals surface area contributed by atoms with Crippen LogP contribution in [0.2, 0.25) is 0 Å². The Labute approximate surface area is 255 Å². The van der Waals surface area contributed by atoms with Gasteiger partial charge >= 0.3 is 5.97 Å². The topological polar surface area (TPSA) is 116 Å². The minimum absolute atomic E-state index is 0.00268. The summed E-state index contributed by atoms with van der Waals surface area (Å²) in [5, 5.41) is 22.7. The molecule has 0 radical (unpaired) electrons. The Morgan fingerprint density at radius 2 is 1.67 bits per heavy atom. The molecule has 5 aliphatic rings. The second kappa shape index (κ2) is 11.6. The third-order valence-electron chi connectivity index (χ3n) is 12.7. The number of nitrogens with one attached hydrogen (secondary N) is 1. The summed E-state index contributed by atoms with van der Waals surface area (Å²) in [4.78, 5) is 43.9. The van der Waals surface area contributed by atoms with E-state index >= 15 is 0 Å². The normalized spacial score (nSPS) is 34.0. The van der Waals surface area contributed by atoms with Crippen LogP contribution in [0.15, 0.2) is 18.2 Å². The van der Waals surface area contributed by atoms with Crippen LogP contribution >= 0.6 is 0 Å². The number of phenolic OH excluding ortho intramolecular Hbond substituents is 2. The van der Waals surface area contributed by atoms with Crippen molar-refractivity contribution in [1.29, 1.82) is 0 Å². The Balaban J connectivity index is 1.23. The van der Waals surface area contributed by atoms with E-state index in [9.17, 15) is 24.6 Å². The summed E-state index contributed by atoms with van der Waals surface area (Å²) in [7, 11) is 0. The number of ether oxygens (including phenoxy) is 1. The molecular weight excluding hydrogens is 544 g/mol. The van der Waals surface area contributed by atoms with E-state index in [1.165, 1.54) is 18.6 Å². The number of hydrogen-bond acceptors (Lipinski definition) is 6. The lowest BCUT2D eigenvalue weighted by Gasteiger charge is -2.40. The van der Waals surface area contributed by atoms with E-state index in [2.05, 4.69) is 26.1 Å². The van der Waals surface area contributed by atoms with Gasteiger partial charge < -0.3 is 25.2 Å². The van der Waals surface area contributed by atoms with Crippen LogP contribution in [-0.2, 0) is 25.5 Å². The third-order valence-corrected chi connectivity index (χ3v) is 12.7. The highest BCUT2D eigenvalue weighted by Gasteiger charge is 2.63. The number of carbonyl (C=O) groups is 3. The molecule has 7 atom stereocenters. The molecule has 1 saturated heterocycles. The second-order valence-electron chi connectivity index (χ2n) is 15.1. The van der Waals surface area contributed by atoms with Crippen LogP contribution in [0.3, 0.4) is 0 Å². The highest BCUT2D eigenvalue weighted by atomic mass is 16.5. The van der Waals surface area contributed by atoms with Crippen molar-refractivity contribution in [3.8, 4) is 11.5 Å². The second-order valence-corrected chi connectivity index (χ2v) is 15.1. The van der Waals surface area contributed by atoms with Crippen LogP contribution in [-0.4, -0.2) is 57.1 Å². The van der Waals surface area contributed by atoms with Gasteiger partial charge in [-0.05, 0) is 92.2 Å². The zero-order chi connectivity index (χ0) is 30.5. The largest absolute Gasteiger partial charge is 0.504 e. The van der Waals surface area contributed by atoms with Gasteiger partial charge in [-0.25, -0.2) is 4.79 Å². The first-order valence-corrected chi connectivity index (χ1v) is 16.8. The average Bonchev–Trinajstić information content (AvgIpc) is 3.54. The van der Waals surface area contributed by atoms with Crippen LogP contribution in [0.25, 0.3) is 0 Å². The summed E-state index contributed by atoms with van der Waals surface area (Å²) in [5.41, 5.74) is 0.635. The molecule has 6 rings (SSSR count). The minimum atomic E-state index is -0.701. The minimum Gasteiger partial charge on any atom is -0.504 e. The van der Waals surface area contributed by atoms with Crippen LogP contribution in [0, 0.1) is 28.6 Å². The van der Waals surface area contributed by atoms with Crippen LogP contribution in [0.1, 0.15) is 110 Å². The molecule has 6 unspecified atom stereocenters. The summed E-state index contributed by atoms with van der Waals surface area (Å²) in [6.07, 6.45) is 12.6. The van der Waals surface area contributed by atoms with E-state index in [1.807, 2.05) is 4.90 Å². The molecule has 0 aromatic heterocycles. The maximum atomic E-state index is 14.7. The Bertz CT molecular complexity index is 1240. The highest BCUT2D eigenvalue weighted by Crippen LogP contribution is 2.66. The molecule has 1 aromatic carbocycles. The maximum Gasteiger partial charge on any atom is 0.329 e. The molecule has 4 aliphatic carbocycles.